The minimum Gasteiger partial charge on any atom is -0.396 e. The van der Waals surface area contributed by atoms with E-state index in [-0.39, 0.29) is 29.6 Å². The summed E-state index contributed by atoms with van der Waals surface area (Å²) >= 11 is 0. The highest BCUT2D eigenvalue weighted by Gasteiger charge is 2.28. The first kappa shape index (κ1) is 11.1. The highest BCUT2D eigenvalue weighted by Crippen LogP contribution is 2.34. The molecule has 7 heteroatoms. The van der Waals surface area contributed by atoms with Gasteiger partial charge in [0.2, 0.25) is 0 Å². The number of nitrogens with zero attached hydrogens (tertiary/aromatic N) is 3. The van der Waals surface area contributed by atoms with E-state index < -0.39 is 5.92 Å². The number of aliphatic hydroxyl groups is 1. The van der Waals surface area contributed by atoms with E-state index >= 15 is 0 Å². The number of rotatable bonds is 2. The van der Waals surface area contributed by atoms with Gasteiger partial charge >= 0.3 is 0 Å². The summed E-state index contributed by atoms with van der Waals surface area (Å²) < 4.78 is 15.1. The number of halogens is 1. The van der Waals surface area contributed by atoms with Crippen LogP contribution in [-0.4, -0.2) is 31.2 Å². The summed E-state index contributed by atoms with van der Waals surface area (Å²) in [4.78, 5) is 22.0. The Bertz CT molecular complexity index is 675. The number of aliphatic hydroxyl groups excluding tert-OH is 1. The smallest absolute Gasteiger partial charge is 0.278 e. The molecule has 2 aromatic rings. The summed E-state index contributed by atoms with van der Waals surface area (Å²) in [5, 5.41) is 9.03. The summed E-state index contributed by atoms with van der Waals surface area (Å²) in [5.41, 5.74) is 0.338. The molecule has 94 valence electrons. The maximum Gasteiger partial charge on any atom is 0.278 e. The van der Waals surface area contributed by atoms with Crippen molar-refractivity contribution in [2.24, 2.45) is 5.92 Å². The third kappa shape index (κ3) is 1.55. The Morgan fingerprint density at radius 1 is 1.56 bits per heavy atom. The van der Waals surface area contributed by atoms with Crippen molar-refractivity contribution in [2.45, 2.75) is 12.5 Å². The van der Waals surface area contributed by atoms with Crippen molar-refractivity contribution in [1.29, 1.82) is 0 Å². The Hall–Kier alpha value is -2.02. The van der Waals surface area contributed by atoms with Gasteiger partial charge in [0.15, 0.2) is 11.2 Å². The van der Waals surface area contributed by atoms with Crippen LogP contribution in [0.1, 0.15) is 12.5 Å². The average molecular weight is 250 g/mol. The van der Waals surface area contributed by atoms with Crippen molar-refractivity contribution in [2.75, 3.05) is 6.61 Å². The number of imidazole rings is 1. The Balaban J connectivity index is 2.07. The minimum absolute atomic E-state index is 0.223. The van der Waals surface area contributed by atoms with Crippen LogP contribution in [-0.2, 0) is 0 Å². The Labute approximate surface area is 101 Å². The van der Waals surface area contributed by atoms with E-state index in [0.29, 0.717) is 12.1 Å². The molecule has 0 radical (unpaired) electrons. The second kappa shape index (κ2) is 4.02. The van der Waals surface area contributed by atoms with Gasteiger partial charge in [-0.15, -0.1) is 0 Å². The number of H-pyrrole nitrogens is 1. The predicted octanol–water partition coefficient (Wildman–Crippen LogP) is 0.526. The molecular formula is C11H11FN4O2. The molecule has 2 aromatic heterocycles. The molecule has 0 unspecified atom stereocenters. The first-order chi connectivity index (χ1) is 8.70. The van der Waals surface area contributed by atoms with E-state index in [1.807, 2.05) is 0 Å². The number of aromatic nitrogens is 4. The maximum atomic E-state index is 13.5. The van der Waals surface area contributed by atoms with Gasteiger partial charge in [-0.3, -0.25) is 4.79 Å². The Morgan fingerprint density at radius 2 is 2.39 bits per heavy atom. The minimum atomic E-state index is -0.477. The second-order valence-corrected chi connectivity index (χ2v) is 4.29. The molecule has 0 fully saturated rings. The van der Waals surface area contributed by atoms with E-state index in [1.54, 1.807) is 4.57 Å². The van der Waals surface area contributed by atoms with Gasteiger partial charge in [-0.2, -0.15) is 0 Å². The second-order valence-electron chi connectivity index (χ2n) is 4.29. The summed E-state index contributed by atoms with van der Waals surface area (Å²) in [6.07, 6.45) is 4.65. The topological polar surface area (TPSA) is 83.8 Å². The summed E-state index contributed by atoms with van der Waals surface area (Å²) in [7, 11) is 0. The molecule has 0 aromatic carbocycles. The van der Waals surface area contributed by atoms with Crippen molar-refractivity contribution >= 4 is 11.2 Å². The van der Waals surface area contributed by atoms with Crippen molar-refractivity contribution in [3.05, 3.63) is 34.9 Å². The van der Waals surface area contributed by atoms with Gasteiger partial charge in [-0.1, -0.05) is 0 Å². The van der Waals surface area contributed by atoms with Gasteiger partial charge < -0.3 is 14.7 Å². The third-order valence-corrected chi connectivity index (χ3v) is 3.21. The van der Waals surface area contributed by atoms with E-state index in [1.165, 1.54) is 18.7 Å². The molecule has 0 bridgehead atoms. The lowest BCUT2D eigenvalue weighted by molar-refractivity contribution is 0.224. The summed E-state index contributed by atoms with van der Waals surface area (Å²) in [5.74, 6) is -0.802. The zero-order valence-electron chi connectivity index (χ0n) is 9.38. The number of aromatic amines is 1. The molecule has 3 rings (SSSR count). The number of allylic oxidation sites excluding steroid dienone is 1. The fourth-order valence-corrected chi connectivity index (χ4v) is 2.25. The molecule has 2 heterocycles. The highest BCUT2D eigenvalue weighted by molar-refractivity contribution is 5.69. The number of nitrogens with one attached hydrogen (secondary N) is 1. The van der Waals surface area contributed by atoms with Gasteiger partial charge in [0, 0.05) is 5.92 Å². The zero-order valence-corrected chi connectivity index (χ0v) is 9.38. The van der Waals surface area contributed by atoms with E-state index in [4.69, 9.17) is 5.11 Å². The first-order valence-corrected chi connectivity index (χ1v) is 5.59. The van der Waals surface area contributed by atoms with Crippen LogP contribution in [0, 0.1) is 5.92 Å². The van der Waals surface area contributed by atoms with Gasteiger partial charge in [0.25, 0.3) is 5.56 Å². The molecular weight excluding hydrogens is 239 g/mol. The van der Waals surface area contributed by atoms with Crippen LogP contribution in [0.2, 0.25) is 0 Å². The lowest BCUT2D eigenvalue weighted by atomic mass is 10.1. The van der Waals surface area contributed by atoms with E-state index in [0.717, 1.165) is 0 Å². The molecule has 0 saturated carbocycles. The van der Waals surface area contributed by atoms with Crippen molar-refractivity contribution < 1.29 is 9.50 Å². The lowest BCUT2D eigenvalue weighted by Crippen LogP contribution is -2.10. The van der Waals surface area contributed by atoms with Crippen LogP contribution in [0.3, 0.4) is 0 Å². The predicted molar refractivity (Wildman–Crippen MR) is 61.6 cm³/mol. The fourth-order valence-electron chi connectivity index (χ4n) is 2.25. The van der Waals surface area contributed by atoms with Crippen LogP contribution >= 0.6 is 0 Å². The van der Waals surface area contributed by atoms with Crippen molar-refractivity contribution in [3.63, 3.8) is 0 Å². The molecule has 6 nitrogen and oxygen atoms in total. The zero-order chi connectivity index (χ0) is 12.7. The number of hydrogen-bond acceptors (Lipinski definition) is 4. The van der Waals surface area contributed by atoms with E-state index in [9.17, 15) is 9.18 Å². The van der Waals surface area contributed by atoms with Crippen LogP contribution in [0.5, 0.6) is 0 Å². The first-order valence-electron chi connectivity index (χ1n) is 5.59. The SMILES string of the molecule is O=c1[nH]cnc2c1ncn2[C@H]1C=C(F)[C@@H](CO)C1. The molecule has 1 aliphatic rings. The van der Waals surface area contributed by atoms with Crippen LogP contribution < -0.4 is 5.56 Å². The van der Waals surface area contributed by atoms with Gasteiger partial charge in [-0.25, -0.2) is 14.4 Å². The lowest BCUT2D eigenvalue weighted by Gasteiger charge is -2.11. The maximum absolute atomic E-state index is 13.5. The molecule has 0 aliphatic heterocycles. The molecule has 2 N–H and O–H groups in total. The van der Waals surface area contributed by atoms with Crippen LogP contribution in [0.15, 0.2) is 29.4 Å². The van der Waals surface area contributed by atoms with Crippen molar-refractivity contribution in [3.8, 4) is 0 Å². The van der Waals surface area contributed by atoms with Crippen LogP contribution in [0.25, 0.3) is 11.2 Å². The third-order valence-electron chi connectivity index (χ3n) is 3.21. The molecule has 0 amide bonds. The van der Waals surface area contributed by atoms with Crippen LogP contribution in [0.4, 0.5) is 4.39 Å². The molecule has 1 aliphatic carbocycles. The van der Waals surface area contributed by atoms with Gasteiger partial charge in [0.05, 0.1) is 25.3 Å². The molecule has 0 saturated heterocycles. The Kier molecular flexibility index (Phi) is 2.48. The molecule has 0 spiro atoms. The molecule has 18 heavy (non-hydrogen) atoms. The summed E-state index contributed by atoms with van der Waals surface area (Å²) in [6, 6.07) is -0.263. The summed E-state index contributed by atoms with van der Waals surface area (Å²) in [6.45, 7) is -0.223. The highest BCUT2D eigenvalue weighted by atomic mass is 19.1. The number of fused-ring (bicyclic) bond motifs is 1. The number of hydrogen-bond donors (Lipinski definition) is 2. The quantitative estimate of drug-likeness (QED) is 0.814. The van der Waals surface area contributed by atoms with E-state index in [2.05, 4.69) is 15.0 Å². The van der Waals surface area contributed by atoms with Gasteiger partial charge in [-0.05, 0) is 12.5 Å². The molecule has 2 atom stereocenters. The standard InChI is InChI=1S/C11H11FN4O2/c12-8-2-7(1-6(8)3-17)16-5-15-9-10(16)13-4-14-11(9)18/h2,4-7,17H,1,3H2,(H,13,14,18)/t6-,7-/m1/s1. The van der Waals surface area contributed by atoms with Gasteiger partial charge in [0.1, 0.15) is 5.83 Å². The van der Waals surface area contributed by atoms with Crippen molar-refractivity contribution in [1.82, 2.24) is 19.5 Å². The normalized spacial score (nSPS) is 23.6. The largest absolute Gasteiger partial charge is 0.396 e. The average Bonchev–Trinajstić information content (AvgIpc) is 2.93. The Morgan fingerprint density at radius 3 is 3.11 bits per heavy atom. The fraction of sp³-hybridized carbons (Fsp3) is 0.364. The monoisotopic (exact) mass is 250 g/mol.